The predicted octanol–water partition coefficient (Wildman–Crippen LogP) is 1.80. The first-order valence-corrected chi connectivity index (χ1v) is 6.79. The Morgan fingerprint density at radius 3 is 2.83 bits per heavy atom. The van der Waals surface area contributed by atoms with Gasteiger partial charge in [0.05, 0.1) is 6.42 Å². The second kappa shape index (κ2) is 6.55. The van der Waals surface area contributed by atoms with Crippen LogP contribution in [0.5, 0.6) is 0 Å². The molecule has 0 aromatic heterocycles. The van der Waals surface area contributed by atoms with Crippen molar-refractivity contribution >= 4 is 5.91 Å². The maximum absolute atomic E-state index is 11.7. The van der Waals surface area contributed by atoms with Gasteiger partial charge in [0.25, 0.3) is 0 Å². The maximum Gasteiger partial charge on any atom is 0.224 e. The van der Waals surface area contributed by atoms with E-state index < -0.39 is 0 Å². The van der Waals surface area contributed by atoms with Crippen molar-refractivity contribution in [2.24, 2.45) is 0 Å². The van der Waals surface area contributed by atoms with Crippen LogP contribution in [-0.2, 0) is 11.2 Å². The standard InChI is InChI=1S/C15H22N2O/c1-12-4-6-13(7-5-12)11-15(18)17-10-8-14-3-2-9-16-14/h4-7,14,16H,2-3,8-11H2,1H3,(H,17,18)/t14-/m1/s1. The molecule has 3 nitrogen and oxygen atoms in total. The summed E-state index contributed by atoms with van der Waals surface area (Å²) in [6.07, 6.45) is 4.04. The molecule has 2 N–H and O–H groups in total. The number of nitrogens with one attached hydrogen (secondary N) is 2. The van der Waals surface area contributed by atoms with Crippen LogP contribution in [0.3, 0.4) is 0 Å². The molecular formula is C15H22N2O. The van der Waals surface area contributed by atoms with Gasteiger partial charge < -0.3 is 10.6 Å². The van der Waals surface area contributed by atoms with Crippen LogP contribution in [0.4, 0.5) is 0 Å². The molecule has 1 aliphatic rings. The van der Waals surface area contributed by atoms with E-state index in [-0.39, 0.29) is 5.91 Å². The van der Waals surface area contributed by atoms with Crippen LogP contribution in [-0.4, -0.2) is 25.0 Å². The molecule has 1 amide bonds. The quantitative estimate of drug-likeness (QED) is 0.831. The molecule has 1 heterocycles. The lowest BCUT2D eigenvalue weighted by Gasteiger charge is -2.10. The van der Waals surface area contributed by atoms with Crippen LogP contribution < -0.4 is 10.6 Å². The lowest BCUT2D eigenvalue weighted by molar-refractivity contribution is -0.120. The minimum absolute atomic E-state index is 0.122. The molecule has 1 fully saturated rings. The highest BCUT2D eigenvalue weighted by atomic mass is 16.1. The second-order valence-corrected chi connectivity index (χ2v) is 5.09. The summed E-state index contributed by atoms with van der Waals surface area (Å²) >= 11 is 0. The van der Waals surface area contributed by atoms with E-state index in [9.17, 15) is 4.79 Å². The molecule has 0 radical (unpaired) electrons. The van der Waals surface area contributed by atoms with Crippen LogP contribution in [0, 0.1) is 6.92 Å². The third-order valence-corrected chi connectivity index (χ3v) is 3.46. The van der Waals surface area contributed by atoms with Crippen LogP contribution in [0.1, 0.15) is 30.4 Å². The molecule has 0 saturated carbocycles. The summed E-state index contributed by atoms with van der Waals surface area (Å²) in [6, 6.07) is 8.74. The highest BCUT2D eigenvalue weighted by molar-refractivity contribution is 5.78. The van der Waals surface area contributed by atoms with Gasteiger partial charge in [-0.05, 0) is 38.3 Å². The Morgan fingerprint density at radius 2 is 2.17 bits per heavy atom. The van der Waals surface area contributed by atoms with E-state index in [4.69, 9.17) is 0 Å². The average Bonchev–Trinajstić information content (AvgIpc) is 2.85. The summed E-state index contributed by atoms with van der Waals surface area (Å²) < 4.78 is 0. The summed E-state index contributed by atoms with van der Waals surface area (Å²) in [7, 11) is 0. The van der Waals surface area contributed by atoms with E-state index in [0.29, 0.717) is 12.5 Å². The van der Waals surface area contributed by atoms with Crippen molar-refractivity contribution in [3.8, 4) is 0 Å². The zero-order valence-electron chi connectivity index (χ0n) is 11.0. The third kappa shape index (κ3) is 4.15. The normalized spacial score (nSPS) is 18.8. The first kappa shape index (κ1) is 13.1. The second-order valence-electron chi connectivity index (χ2n) is 5.09. The molecule has 0 bridgehead atoms. The molecule has 0 spiro atoms. The smallest absolute Gasteiger partial charge is 0.224 e. The molecule has 1 aromatic rings. The van der Waals surface area contributed by atoms with Crippen molar-refractivity contribution in [1.29, 1.82) is 0 Å². The van der Waals surface area contributed by atoms with Crippen molar-refractivity contribution in [2.45, 2.75) is 38.6 Å². The van der Waals surface area contributed by atoms with Gasteiger partial charge in [0.15, 0.2) is 0 Å². The van der Waals surface area contributed by atoms with E-state index in [2.05, 4.69) is 17.6 Å². The molecule has 1 saturated heterocycles. The Labute approximate surface area is 109 Å². The van der Waals surface area contributed by atoms with Gasteiger partial charge in [-0.3, -0.25) is 4.79 Å². The van der Waals surface area contributed by atoms with Crippen LogP contribution in [0.25, 0.3) is 0 Å². The fourth-order valence-corrected chi connectivity index (χ4v) is 2.34. The van der Waals surface area contributed by atoms with Crippen molar-refractivity contribution in [1.82, 2.24) is 10.6 Å². The van der Waals surface area contributed by atoms with Gasteiger partial charge in [-0.2, -0.15) is 0 Å². The number of benzene rings is 1. The van der Waals surface area contributed by atoms with E-state index in [1.807, 2.05) is 24.3 Å². The van der Waals surface area contributed by atoms with Crippen molar-refractivity contribution < 1.29 is 4.79 Å². The number of hydrogen-bond acceptors (Lipinski definition) is 2. The lowest BCUT2D eigenvalue weighted by atomic mass is 10.1. The fourth-order valence-electron chi connectivity index (χ4n) is 2.34. The Hall–Kier alpha value is -1.35. The number of carbonyl (C=O) groups excluding carboxylic acids is 1. The molecule has 2 rings (SSSR count). The number of carbonyl (C=O) groups is 1. The molecule has 0 aliphatic carbocycles. The molecule has 0 unspecified atom stereocenters. The van der Waals surface area contributed by atoms with Crippen LogP contribution in [0.2, 0.25) is 0 Å². The molecule has 1 aromatic carbocycles. The molecule has 98 valence electrons. The Morgan fingerprint density at radius 1 is 1.39 bits per heavy atom. The minimum Gasteiger partial charge on any atom is -0.356 e. The SMILES string of the molecule is Cc1ccc(CC(=O)NCC[C@H]2CCCN2)cc1. The lowest BCUT2D eigenvalue weighted by Crippen LogP contribution is -2.31. The Bertz CT molecular complexity index is 380. The Kier molecular flexibility index (Phi) is 4.76. The van der Waals surface area contributed by atoms with E-state index in [0.717, 1.165) is 25.1 Å². The minimum atomic E-state index is 0.122. The first-order chi connectivity index (χ1) is 8.74. The highest BCUT2D eigenvalue weighted by Gasteiger charge is 2.13. The fraction of sp³-hybridized carbons (Fsp3) is 0.533. The topological polar surface area (TPSA) is 41.1 Å². The number of rotatable bonds is 5. The largest absolute Gasteiger partial charge is 0.356 e. The number of hydrogen-bond donors (Lipinski definition) is 2. The van der Waals surface area contributed by atoms with Gasteiger partial charge >= 0.3 is 0 Å². The van der Waals surface area contributed by atoms with Gasteiger partial charge in [-0.25, -0.2) is 0 Å². The number of amides is 1. The van der Waals surface area contributed by atoms with Crippen LogP contribution >= 0.6 is 0 Å². The van der Waals surface area contributed by atoms with Crippen LogP contribution in [0.15, 0.2) is 24.3 Å². The maximum atomic E-state index is 11.7. The third-order valence-electron chi connectivity index (χ3n) is 3.46. The molecule has 18 heavy (non-hydrogen) atoms. The molecule has 3 heteroatoms. The van der Waals surface area contributed by atoms with Crippen molar-refractivity contribution in [3.63, 3.8) is 0 Å². The van der Waals surface area contributed by atoms with E-state index in [1.54, 1.807) is 0 Å². The Balaban J connectivity index is 1.66. The molecule has 1 atom stereocenters. The van der Waals surface area contributed by atoms with Gasteiger partial charge in [0.1, 0.15) is 0 Å². The predicted molar refractivity (Wildman–Crippen MR) is 73.5 cm³/mol. The zero-order chi connectivity index (χ0) is 12.8. The summed E-state index contributed by atoms with van der Waals surface area (Å²) in [5.74, 6) is 0.122. The summed E-state index contributed by atoms with van der Waals surface area (Å²) in [4.78, 5) is 11.7. The highest BCUT2D eigenvalue weighted by Crippen LogP contribution is 2.07. The summed E-state index contributed by atoms with van der Waals surface area (Å²) in [5.41, 5.74) is 2.31. The summed E-state index contributed by atoms with van der Waals surface area (Å²) in [6.45, 7) is 3.96. The monoisotopic (exact) mass is 246 g/mol. The first-order valence-electron chi connectivity index (χ1n) is 6.79. The average molecular weight is 246 g/mol. The summed E-state index contributed by atoms with van der Waals surface area (Å²) in [5, 5.41) is 6.43. The van der Waals surface area contributed by atoms with Crippen molar-refractivity contribution in [2.75, 3.05) is 13.1 Å². The van der Waals surface area contributed by atoms with E-state index in [1.165, 1.54) is 18.4 Å². The van der Waals surface area contributed by atoms with Gasteiger partial charge in [-0.15, -0.1) is 0 Å². The molecule has 1 aliphatic heterocycles. The van der Waals surface area contributed by atoms with Gasteiger partial charge in [-0.1, -0.05) is 29.8 Å². The number of aryl methyl sites for hydroxylation is 1. The van der Waals surface area contributed by atoms with Crippen molar-refractivity contribution in [3.05, 3.63) is 35.4 Å². The van der Waals surface area contributed by atoms with Gasteiger partial charge in [0, 0.05) is 12.6 Å². The van der Waals surface area contributed by atoms with Gasteiger partial charge in [0.2, 0.25) is 5.91 Å². The van der Waals surface area contributed by atoms with E-state index >= 15 is 0 Å². The molecular weight excluding hydrogens is 224 g/mol. The zero-order valence-corrected chi connectivity index (χ0v) is 11.0.